The number of para-hydroxylation sites is 1. The number of rotatable bonds is 6. The second-order valence-corrected chi connectivity index (χ2v) is 7.64. The van der Waals surface area contributed by atoms with E-state index in [0.717, 1.165) is 34.6 Å². The van der Waals surface area contributed by atoms with Crippen LogP contribution in [0.25, 0.3) is 10.9 Å². The molecule has 4 nitrogen and oxygen atoms in total. The molecule has 1 aliphatic heterocycles. The number of anilines is 1. The monoisotopic (exact) mass is 375 g/mol. The molecule has 4 rings (SSSR count). The number of pyridine rings is 1. The fourth-order valence-corrected chi connectivity index (χ4v) is 4.14. The summed E-state index contributed by atoms with van der Waals surface area (Å²) < 4.78 is 5.55. The molecule has 0 radical (unpaired) electrons. The molecule has 28 heavy (non-hydrogen) atoms. The van der Waals surface area contributed by atoms with Gasteiger partial charge in [-0.15, -0.1) is 0 Å². The van der Waals surface area contributed by atoms with Gasteiger partial charge in [0.05, 0.1) is 13.2 Å². The molecule has 0 spiro atoms. The van der Waals surface area contributed by atoms with Gasteiger partial charge in [-0.25, -0.2) is 4.98 Å². The summed E-state index contributed by atoms with van der Waals surface area (Å²) in [5.74, 6) is 0.816. The normalized spacial score (nSPS) is 16.1. The Morgan fingerprint density at radius 1 is 1.04 bits per heavy atom. The molecule has 1 unspecified atom stereocenters. The Bertz CT molecular complexity index is 920. The van der Waals surface area contributed by atoms with Crippen molar-refractivity contribution in [1.29, 1.82) is 0 Å². The number of likely N-dealkylation sites (tertiary alicyclic amines) is 1. The fraction of sp³-hybridized carbons (Fsp3) is 0.375. The number of aryl methyl sites for hydroxylation is 1. The summed E-state index contributed by atoms with van der Waals surface area (Å²) in [7, 11) is 1.70. The topological polar surface area (TPSA) is 37.4 Å². The second kappa shape index (κ2) is 8.61. The Hall–Kier alpha value is -2.59. The van der Waals surface area contributed by atoms with Crippen LogP contribution < -0.4 is 10.1 Å². The lowest BCUT2D eigenvalue weighted by Gasteiger charge is -2.32. The van der Waals surface area contributed by atoms with Crippen molar-refractivity contribution in [2.24, 2.45) is 0 Å². The van der Waals surface area contributed by atoms with E-state index in [1.54, 1.807) is 7.11 Å². The predicted molar refractivity (Wildman–Crippen MR) is 116 cm³/mol. The minimum Gasteiger partial charge on any atom is -0.494 e. The first-order valence-corrected chi connectivity index (χ1v) is 10.2. The van der Waals surface area contributed by atoms with Gasteiger partial charge in [0.1, 0.15) is 11.3 Å². The molecule has 1 fully saturated rings. The molecular weight excluding hydrogens is 346 g/mol. The Labute approximate surface area is 167 Å². The summed E-state index contributed by atoms with van der Waals surface area (Å²) in [6.07, 6.45) is 3.96. The van der Waals surface area contributed by atoms with Crippen molar-refractivity contribution in [3.63, 3.8) is 0 Å². The van der Waals surface area contributed by atoms with Crippen molar-refractivity contribution in [2.45, 2.75) is 32.2 Å². The highest BCUT2D eigenvalue weighted by atomic mass is 16.5. The molecule has 0 saturated carbocycles. The number of hydrogen-bond donors (Lipinski definition) is 1. The van der Waals surface area contributed by atoms with E-state index in [2.05, 4.69) is 52.7 Å². The Morgan fingerprint density at radius 3 is 2.57 bits per heavy atom. The molecule has 0 amide bonds. The molecule has 146 valence electrons. The van der Waals surface area contributed by atoms with Gasteiger partial charge in [0.2, 0.25) is 0 Å². The first kappa shape index (κ1) is 18.8. The smallest absolute Gasteiger partial charge is 0.145 e. The van der Waals surface area contributed by atoms with Crippen LogP contribution in [0.1, 0.15) is 36.6 Å². The maximum Gasteiger partial charge on any atom is 0.145 e. The van der Waals surface area contributed by atoms with E-state index >= 15 is 0 Å². The van der Waals surface area contributed by atoms with E-state index in [1.165, 1.54) is 37.9 Å². The number of nitrogens with zero attached hydrogens (tertiary/aromatic N) is 2. The molecule has 1 aliphatic rings. The molecule has 1 N–H and O–H groups in total. The van der Waals surface area contributed by atoms with Crippen LogP contribution in [0, 0.1) is 6.92 Å². The van der Waals surface area contributed by atoms with E-state index in [4.69, 9.17) is 9.72 Å². The minimum absolute atomic E-state index is 0.232. The summed E-state index contributed by atoms with van der Waals surface area (Å²) in [6, 6.07) is 19.3. The van der Waals surface area contributed by atoms with Gasteiger partial charge in [-0.05, 0) is 50.6 Å². The maximum absolute atomic E-state index is 5.55. The molecule has 3 aromatic rings. The van der Waals surface area contributed by atoms with Crippen molar-refractivity contribution in [3.05, 3.63) is 65.9 Å². The van der Waals surface area contributed by atoms with Gasteiger partial charge >= 0.3 is 0 Å². The molecule has 2 heterocycles. The number of methoxy groups -OCH3 is 1. The molecule has 2 aromatic carbocycles. The van der Waals surface area contributed by atoms with Crippen LogP contribution in [0.2, 0.25) is 0 Å². The van der Waals surface area contributed by atoms with Crippen molar-refractivity contribution >= 4 is 16.6 Å². The Kier molecular flexibility index (Phi) is 5.77. The summed E-state index contributed by atoms with van der Waals surface area (Å²) in [5.41, 5.74) is 4.34. The van der Waals surface area contributed by atoms with Crippen LogP contribution in [0.3, 0.4) is 0 Å². The molecule has 1 atom stereocenters. The van der Waals surface area contributed by atoms with Crippen LogP contribution in [-0.4, -0.2) is 36.6 Å². The molecule has 0 bridgehead atoms. The van der Waals surface area contributed by atoms with E-state index in [-0.39, 0.29) is 6.04 Å². The van der Waals surface area contributed by atoms with Gasteiger partial charge in [-0.3, -0.25) is 0 Å². The zero-order valence-electron chi connectivity index (χ0n) is 16.8. The fourth-order valence-electron chi connectivity index (χ4n) is 4.14. The third-order valence-corrected chi connectivity index (χ3v) is 5.57. The Morgan fingerprint density at radius 2 is 1.82 bits per heavy atom. The quantitative estimate of drug-likeness (QED) is 0.643. The SMILES string of the molecule is COc1cccc2c(NC(CN3CCCCC3)c3ccccc3)cc(C)nc12. The van der Waals surface area contributed by atoms with Crippen LogP contribution in [0.5, 0.6) is 5.75 Å². The molecule has 1 aromatic heterocycles. The van der Waals surface area contributed by atoms with Crippen molar-refractivity contribution in [2.75, 3.05) is 32.1 Å². The molecule has 1 saturated heterocycles. The van der Waals surface area contributed by atoms with Gasteiger partial charge in [0.25, 0.3) is 0 Å². The molecular formula is C24H29N3O. The van der Waals surface area contributed by atoms with Crippen molar-refractivity contribution in [3.8, 4) is 5.75 Å². The average molecular weight is 376 g/mol. The van der Waals surface area contributed by atoms with Crippen LogP contribution in [0.4, 0.5) is 5.69 Å². The number of fused-ring (bicyclic) bond motifs is 1. The first-order chi connectivity index (χ1) is 13.7. The van der Waals surface area contributed by atoms with Crippen molar-refractivity contribution < 1.29 is 4.74 Å². The number of aromatic nitrogens is 1. The highest BCUT2D eigenvalue weighted by Gasteiger charge is 2.19. The summed E-state index contributed by atoms with van der Waals surface area (Å²) in [4.78, 5) is 7.32. The van der Waals surface area contributed by atoms with E-state index in [1.807, 2.05) is 19.1 Å². The number of benzene rings is 2. The third-order valence-electron chi connectivity index (χ3n) is 5.57. The van der Waals surface area contributed by atoms with Crippen LogP contribution in [-0.2, 0) is 0 Å². The lowest BCUT2D eigenvalue weighted by atomic mass is 10.0. The third kappa shape index (κ3) is 4.12. The zero-order chi connectivity index (χ0) is 19.3. The molecule has 0 aliphatic carbocycles. The number of piperidine rings is 1. The maximum atomic E-state index is 5.55. The lowest BCUT2D eigenvalue weighted by Crippen LogP contribution is -2.35. The highest BCUT2D eigenvalue weighted by molar-refractivity contribution is 5.95. The van der Waals surface area contributed by atoms with Gasteiger partial charge in [0, 0.05) is 23.3 Å². The van der Waals surface area contributed by atoms with Gasteiger partial charge in [0.15, 0.2) is 0 Å². The van der Waals surface area contributed by atoms with Gasteiger partial charge in [-0.1, -0.05) is 48.9 Å². The predicted octanol–water partition coefficient (Wildman–Crippen LogP) is 5.19. The summed E-state index contributed by atoms with van der Waals surface area (Å²) in [5, 5.41) is 4.94. The number of ether oxygens (including phenoxy) is 1. The van der Waals surface area contributed by atoms with Crippen molar-refractivity contribution in [1.82, 2.24) is 9.88 Å². The highest BCUT2D eigenvalue weighted by Crippen LogP contribution is 2.32. The lowest BCUT2D eigenvalue weighted by molar-refractivity contribution is 0.220. The van der Waals surface area contributed by atoms with E-state index in [9.17, 15) is 0 Å². The largest absolute Gasteiger partial charge is 0.494 e. The zero-order valence-corrected chi connectivity index (χ0v) is 16.8. The number of hydrogen-bond acceptors (Lipinski definition) is 4. The second-order valence-electron chi connectivity index (χ2n) is 7.64. The van der Waals surface area contributed by atoms with Gasteiger partial charge < -0.3 is 15.0 Å². The average Bonchev–Trinajstić information content (AvgIpc) is 2.74. The number of nitrogens with one attached hydrogen (secondary N) is 1. The van der Waals surface area contributed by atoms with Gasteiger partial charge in [-0.2, -0.15) is 0 Å². The van der Waals surface area contributed by atoms with E-state index in [0.29, 0.717) is 0 Å². The first-order valence-electron chi connectivity index (χ1n) is 10.2. The standard InChI is InChI=1S/C24H29N3O/c1-18-16-21(20-12-9-13-23(28-2)24(20)25-18)26-22(19-10-5-3-6-11-19)17-27-14-7-4-8-15-27/h3,5-6,9-13,16,22H,4,7-8,14-15,17H2,1-2H3,(H,25,26). The van der Waals surface area contributed by atoms with E-state index < -0.39 is 0 Å². The summed E-state index contributed by atoms with van der Waals surface area (Å²) >= 11 is 0. The summed E-state index contributed by atoms with van der Waals surface area (Å²) in [6.45, 7) is 5.43. The van der Waals surface area contributed by atoms with Crippen LogP contribution >= 0.6 is 0 Å². The van der Waals surface area contributed by atoms with Crippen LogP contribution in [0.15, 0.2) is 54.6 Å². The minimum atomic E-state index is 0.232. The molecule has 4 heteroatoms. The Balaban J connectivity index is 1.70.